The first-order chi connectivity index (χ1) is 17.0. The summed E-state index contributed by atoms with van der Waals surface area (Å²) in [5, 5.41) is 1.89. The second-order valence-electron chi connectivity index (χ2n) is 8.78. The molecule has 4 nitrogen and oxygen atoms in total. The average molecular weight is 526 g/mol. The van der Waals surface area contributed by atoms with Crippen molar-refractivity contribution in [3.8, 4) is 11.3 Å². The lowest BCUT2D eigenvalue weighted by atomic mass is 9.94. The summed E-state index contributed by atoms with van der Waals surface area (Å²) in [5.74, 6) is 1.19. The van der Waals surface area contributed by atoms with E-state index in [4.69, 9.17) is 32.6 Å². The number of para-hydroxylation sites is 1. The quantitative estimate of drug-likeness (QED) is 0.313. The molecule has 3 aromatic rings. The topological polar surface area (TPSA) is 45.8 Å². The van der Waals surface area contributed by atoms with Crippen LogP contribution in [-0.4, -0.2) is 22.0 Å². The number of carbonyl (C=O) groups excluding carboxylic acids is 1. The number of nitrogens with zero attached hydrogens (tertiary/aromatic N) is 2. The number of benzene rings is 2. The zero-order chi connectivity index (χ0) is 24.4. The van der Waals surface area contributed by atoms with Gasteiger partial charge in [-0.1, -0.05) is 67.6 Å². The third kappa shape index (κ3) is 5.23. The molecule has 1 aliphatic heterocycles. The average Bonchev–Trinajstić information content (AvgIpc) is 3.46. The van der Waals surface area contributed by atoms with E-state index in [0.717, 1.165) is 48.5 Å². The van der Waals surface area contributed by atoms with Crippen molar-refractivity contribution in [1.29, 1.82) is 0 Å². The number of halogens is 2. The molecule has 0 unspecified atom stereocenters. The highest BCUT2D eigenvalue weighted by molar-refractivity contribution is 8.18. The monoisotopic (exact) mass is 524 g/mol. The molecule has 35 heavy (non-hydrogen) atoms. The van der Waals surface area contributed by atoms with Gasteiger partial charge in [0.15, 0.2) is 5.17 Å². The van der Waals surface area contributed by atoms with Crippen molar-refractivity contribution < 1.29 is 9.21 Å². The first-order valence-electron chi connectivity index (χ1n) is 12.0. The zero-order valence-corrected chi connectivity index (χ0v) is 21.8. The number of hydrogen-bond acceptors (Lipinski definition) is 4. The van der Waals surface area contributed by atoms with Gasteiger partial charge in [-0.05, 0) is 73.0 Å². The Labute approximate surface area is 220 Å². The summed E-state index contributed by atoms with van der Waals surface area (Å²) in [4.78, 5) is 21.1. The van der Waals surface area contributed by atoms with E-state index in [0.29, 0.717) is 26.5 Å². The van der Waals surface area contributed by atoms with E-state index < -0.39 is 0 Å². The summed E-state index contributed by atoms with van der Waals surface area (Å²) in [6, 6.07) is 17.3. The molecule has 2 aromatic carbocycles. The molecule has 0 bridgehead atoms. The van der Waals surface area contributed by atoms with Gasteiger partial charge < -0.3 is 4.42 Å². The van der Waals surface area contributed by atoms with Gasteiger partial charge in [0.2, 0.25) is 0 Å². The first kappa shape index (κ1) is 24.2. The fourth-order valence-electron chi connectivity index (χ4n) is 4.64. The van der Waals surface area contributed by atoms with E-state index in [9.17, 15) is 4.79 Å². The third-order valence-corrected chi connectivity index (χ3v) is 8.01. The zero-order valence-electron chi connectivity index (χ0n) is 19.5. The molecule has 1 saturated heterocycles. The Balaban J connectivity index is 1.49. The maximum Gasteiger partial charge on any atom is 0.267 e. The number of aliphatic imine (C=N–C) groups is 1. The Morgan fingerprint density at radius 1 is 1.09 bits per heavy atom. The minimum atomic E-state index is -0.00614. The second kappa shape index (κ2) is 10.7. The molecule has 1 aliphatic carbocycles. The number of furan rings is 1. The molecule has 2 aliphatic rings. The van der Waals surface area contributed by atoms with E-state index in [2.05, 4.69) is 13.0 Å². The van der Waals surface area contributed by atoms with Crippen LogP contribution in [0.1, 0.15) is 50.4 Å². The minimum absolute atomic E-state index is 0.00614. The molecule has 0 spiro atoms. The molecule has 5 rings (SSSR count). The number of amides is 1. The van der Waals surface area contributed by atoms with Gasteiger partial charge in [-0.15, -0.1) is 0 Å². The van der Waals surface area contributed by atoms with Crippen molar-refractivity contribution in [1.82, 2.24) is 4.90 Å². The smallest absolute Gasteiger partial charge is 0.267 e. The normalized spacial score (nSPS) is 19.3. The van der Waals surface area contributed by atoms with E-state index in [-0.39, 0.29) is 11.9 Å². The van der Waals surface area contributed by atoms with Crippen molar-refractivity contribution in [2.75, 3.05) is 0 Å². The number of aryl methyl sites for hydroxylation is 1. The molecule has 0 atom stereocenters. The fourth-order valence-corrected chi connectivity index (χ4v) is 6.05. The van der Waals surface area contributed by atoms with Crippen LogP contribution in [0.3, 0.4) is 0 Å². The van der Waals surface area contributed by atoms with Gasteiger partial charge in [-0.2, -0.15) is 0 Å². The maximum atomic E-state index is 13.6. The lowest BCUT2D eigenvalue weighted by Crippen LogP contribution is -2.40. The van der Waals surface area contributed by atoms with Crippen molar-refractivity contribution in [3.05, 3.63) is 80.9 Å². The third-order valence-electron chi connectivity index (χ3n) is 6.46. The van der Waals surface area contributed by atoms with Crippen LogP contribution in [0.25, 0.3) is 17.4 Å². The summed E-state index contributed by atoms with van der Waals surface area (Å²) in [5.41, 5.74) is 2.81. The number of carbonyl (C=O) groups is 1. The van der Waals surface area contributed by atoms with Gasteiger partial charge in [-0.25, -0.2) is 4.99 Å². The largest absolute Gasteiger partial charge is 0.457 e. The molecule has 2 fully saturated rings. The lowest BCUT2D eigenvalue weighted by molar-refractivity contribution is -0.124. The lowest BCUT2D eigenvalue weighted by Gasteiger charge is -2.30. The maximum absolute atomic E-state index is 13.6. The van der Waals surface area contributed by atoms with Gasteiger partial charge >= 0.3 is 0 Å². The Morgan fingerprint density at radius 3 is 2.69 bits per heavy atom. The number of hydrogen-bond donors (Lipinski definition) is 0. The van der Waals surface area contributed by atoms with Crippen LogP contribution in [0, 0.1) is 0 Å². The summed E-state index contributed by atoms with van der Waals surface area (Å²) in [6.45, 7) is 2.12. The predicted octanol–water partition coefficient (Wildman–Crippen LogP) is 8.75. The SMILES string of the molecule is CCc1ccccc1N=C1S/C(=C/c2ccc(-c3cc(Cl)ccc3Cl)o2)C(=O)N1C1CCCCC1. The van der Waals surface area contributed by atoms with Crippen LogP contribution < -0.4 is 0 Å². The number of rotatable bonds is 5. The van der Waals surface area contributed by atoms with Crippen molar-refractivity contribution in [2.24, 2.45) is 4.99 Å². The highest BCUT2D eigenvalue weighted by Crippen LogP contribution is 2.40. The highest BCUT2D eigenvalue weighted by atomic mass is 35.5. The number of thioether (sulfide) groups is 1. The van der Waals surface area contributed by atoms with E-state index in [1.54, 1.807) is 24.3 Å². The first-order valence-corrected chi connectivity index (χ1v) is 13.6. The summed E-state index contributed by atoms with van der Waals surface area (Å²) in [7, 11) is 0. The Hall–Kier alpha value is -2.47. The Morgan fingerprint density at radius 2 is 1.89 bits per heavy atom. The van der Waals surface area contributed by atoms with Gasteiger partial charge in [0.05, 0.1) is 15.6 Å². The van der Waals surface area contributed by atoms with Crippen LogP contribution in [-0.2, 0) is 11.2 Å². The molecular weight excluding hydrogens is 499 g/mol. The highest BCUT2D eigenvalue weighted by Gasteiger charge is 2.39. The molecular formula is C28H26Cl2N2O2S. The molecule has 0 N–H and O–H groups in total. The van der Waals surface area contributed by atoms with Crippen LogP contribution in [0.5, 0.6) is 0 Å². The van der Waals surface area contributed by atoms with Crippen LogP contribution >= 0.6 is 35.0 Å². The molecule has 7 heteroatoms. The summed E-state index contributed by atoms with van der Waals surface area (Å²) in [6.07, 6.45) is 8.20. The molecule has 2 heterocycles. The molecule has 1 aromatic heterocycles. The Bertz CT molecular complexity index is 1310. The predicted molar refractivity (Wildman–Crippen MR) is 146 cm³/mol. The van der Waals surface area contributed by atoms with E-state index in [1.807, 2.05) is 35.2 Å². The number of amidine groups is 1. The summed E-state index contributed by atoms with van der Waals surface area (Å²) < 4.78 is 6.04. The molecule has 180 valence electrons. The van der Waals surface area contributed by atoms with Crippen LogP contribution in [0.2, 0.25) is 10.0 Å². The van der Waals surface area contributed by atoms with E-state index >= 15 is 0 Å². The van der Waals surface area contributed by atoms with Crippen molar-refractivity contribution in [3.63, 3.8) is 0 Å². The molecule has 1 saturated carbocycles. The van der Waals surface area contributed by atoms with Gasteiger partial charge in [0.25, 0.3) is 5.91 Å². The van der Waals surface area contributed by atoms with Crippen LogP contribution in [0.4, 0.5) is 5.69 Å². The second-order valence-corrected chi connectivity index (χ2v) is 10.6. The van der Waals surface area contributed by atoms with Gasteiger partial charge in [0, 0.05) is 22.7 Å². The molecule has 0 radical (unpaired) electrons. The molecule has 1 amide bonds. The summed E-state index contributed by atoms with van der Waals surface area (Å²) >= 11 is 13.9. The fraction of sp³-hybridized carbons (Fsp3) is 0.286. The standard InChI is InChI=1S/C28H26Cl2N2O2S/c1-2-18-8-6-7-11-24(18)31-28-32(20-9-4-3-5-10-20)27(33)26(35-28)17-21-13-15-25(34-21)22-16-19(29)12-14-23(22)30/h6-8,11-17,20H,2-5,9-10H2,1H3/b26-17+,31-28?. The van der Waals surface area contributed by atoms with Crippen molar-refractivity contribution >= 4 is 57.8 Å². The van der Waals surface area contributed by atoms with E-state index in [1.165, 1.54) is 23.7 Å². The van der Waals surface area contributed by atoms with Crippen LogP contribution in [0.15, 0.2) is 68.9 Å². The van der Waals surface area contributed by atoms with Gasteiger partial charge in [-0.3, -0.25) is 9.69 Å². The van der Waals surface area contributed by atoms with Crippen molar-refractivity contribution in [2.45, 2.75) is 51.5 Å². The Kier molecular flexibility index (Phi) is 7.37. The van der Waals surface area contributed by atoms with Gasteiger partial charge in [0.1, 0.15) is 11.5 Å². The minimum Gasteiger partial charge on any atom is -0.457 e.